The van der Waals surface area contributed by atoms with Crippen LogP contribution < -0.4 is 9.47 Å². The lowest BCUT2D eigenvalue weighted by Gasteiger charge is -2.21. The van der Waals surface area contributed by atoms with Gasteiger partial charge in [0.1, 0.15) is 10.9 Å². The monoisotopic (exact) mass is 441 g/mol. The standard InChI is InChI=1S/C24H27NO3S2/c1-5-17(4)25-23(26)22(30-24(25)29)14-19-11-12-20(21(13-19)27-6-2)28-15-18-9-7-16(3)8-10-18/h7-14,17H,5-6,15H2,1-4H3/b22-14-/t17-/m1/s1. The Bertz CT molecular complexity index is 953. The Hall–Kier alpha value is -2.31. The third kappa shape index (κ3) is 5.24. The average Bonchev–Trinajstić information content (AvgIpc) is 3.01. The van der Waals surface area contributed by atoms with E-state index in [1.165, 1.54) is 17.3 Å². The van der Waals surface area contributed by atoms with E-state index < -0.39 is 0 Å². The lowest BCUT2D eigenvalue weighted by Crippen LogP contribution is -2.36. The predicted molar refractivity (Wildman–Crippen MR) is 128 cm³/mol. The van der Waals surface area contributed by atoms with E-state index in [0.717, 1.165) is 17.5 Å². The van der Waals surface area contributed by atoms with Crippen molar-refractivity contribution in [2.45, 2.75) is 46.8 Å². The minimum atomic E-state index is -0.0305. The normalized spacial score (nSPS) is 16.3. The zero-order chi connectivity index (χ0) is 21.7. The SMILES string of the molecule is CCOc1cc(/C=C2\SC(=S)N([C@H](C)CC)C2=O)ccc1OCc1ccc(C)cc1. The number of thiocarbonyl (C=S) groups is 1. The number of amides is 1. The number of aryl methyl sites for hydroxylation is 1. The molecule has 1 saturated heterocycles. The van der Waals surface area contributed by atoms with Gasteiger partial charge in [0.2, 0.25) is 0 Å². The smallest absolute Gasteiger partial charge is 0.266 e. The van der Waals surface area contributed by atoms with E-state index in [1.54, 1.807) is 4.90 Å². The molecular weight excluding hydrogens is 414 g/mol. The summed E-state index contributed by atoms with van der Waals surface area (Å²) in [7, 11) is 0. The summed E-state index contributed by atoms with van der Waals surface area (Å²) >= 11 is 6.76. The summed E-state index contributed by atoms with van der Waals surface area (Å²) in [4.78, 5) is 15.1. The third-order valence-corrected chi connectivity index (χ3v) is 6.27. The van der Waals surface area contributed by atoms with Gasteiger partial charge in [-0.3, -0.25) is 9.69 Å². The Morgan fingerprint density at radius 3 is 2.50 bits per heavy atom. The molecular formula is C24H27NO3S2. The van der Waals surface area contributed by atoms with Crippen LogP contribution in [0.5, 0.6) is 11.5 Å². The van der Waals surface area contributed by atoms with Gasteiger partial charge < -0.3 is 9.47 Å². The highest BCUT2D eigenvalue weighted by atomic mass is 32.2. The van der Waals surface area contributed by atoms with Crippen LogP contribution in [0.3, 0.4) is 0 Å². The Morgan fingerprint density at radius 2 is 1.83 bits per heavy atom. The molecule has 4 nitrogen and oxygen atoms in total. The lowest BCUT2D eigenvalue weighted by atomic mass is 10.1. The van der Waals surface area contributed by atoms with E-state index in [-0.39, 0.29) is 11.9 Å². The maximum atomic E-state index is 12.8. The second-order valence-electron chi connectivity index (χ2n) is 7.22. The first-order chi connectivity index (χ1) is 14.4. The molecule has 1 aliphatic rings. The van der Waals surface area contributed by atoms with E-state index in [4.69, 9.17) is 21.7 Å². The highest BCUT2D eigenvalue weighted by molar-refractivity contribution is 8.26. The molecule has 0 bridgehead atoms. The Kier molecular flexibility index (Phi) is 7.56. The van der Waals surface area contributed by atoms with Gasteiger partial charge in [0.15, 0.2) is 11.5 Å². The van der Waals surface area contributed by atoms with E-state index in [1.807, 2.05) is 38.1 Å². The maximum Gasteiger partial charge on any atom is 0.266 e. The van der Waals surface area contributed by atoms with Gasteiger partial charge in [-0.25, -0.2) is 0 Å². The molecule has 1 fully saturated rings. The van der Waals surface area contributed by atoms with Crippen molar-refractivity contribution < 1.29 is 14.3 Å². The number of benzene rings is 2. The first-order valence-corrected chi connectivity index (χ1v) is 11.4. The van der Waals surface area contributed by atoms with Crippen molar-refractivity contribution in [3.63, 3.8) is 0 Å². The summed E-state index contributed by atoms with van der Waals surface area (Å²) in [6.45, 7) is 9.06. The zero-order valence-corrected chi connectivity index (χ0v) is 19.4. The maximum absolute atomic E-state index is 12.8. The fraction of sp³-hybridized carbons (Fsp3) is 0.333. The second kappa shape index (κ2) is 10.1. The number of rotatable bonds is 8. The number of ether oxygens (including phenoxy) is 2. The number of thioether (sulfide) groups is 1. The molecule has 30 heavy (non-hydrogen) atoms. The van der Waals surface area contributed by atoms with Crippen LogP contribution in [0.25, 0.3) is 6.08 Å². The Balaban J connectivity index is 1.79. The van der Waals surface area contributed by atoms with Gasteiger partial charge in [0.05, 0.1) is 11.5 Å². The van der Waals surface area contributed by atoms with Crippen LogP contribution in [-0.2, 0) is 11.4 Å². The van der Waals surface area contributed by atoms with Crippen LogP contribution in [0, 0.1) is 6.92 Å². The molecule has 0 spiro atoms. The first-order valence-electron chi connectivity index (χ1n) is 10.1. The van der Waals surface area contributed by atoms with Crippen LogP contribution in [0.1, 0.15) is 43.9 Å². The molecule has 0 unspecified atom stereocenters. The van der Waals surface area contributed by atoms with Gasteiger partial charge in [-0.05, 0) is 56.5 Å². The highest BCUT2D eigenvalue weighted by Gasteiger charge is 2.34. The van der Waals surface area contributed by atoms with Gasteiger partial charge in [-0.1, -0.05) is 66.8 Å². The third-order valence-electron chi connectivity index (χ3n) is 4.94. The van der Waals surface area contributed by atoms with Crippen molar-refractivity contribution in [3.8, 4) is 11.5 Å². The minimum absolute atomic E-state index is 0.0305. The molecule has 1 atom stereocenters. The summed E-state index contributed by atoms with van der Waals surface area (Å²) in [5, 5.41) is 0. The Morgan fingerprint density at radius 1 is 1.10 bits per heavy atom. The molecule has 0 aromatic heterocycles. The topological polar surface area (TPSA) is 38.8 Å². The highest BCUT2D eigenvalue weighted by Crippen LogP contribution is 2.36. The summed E-state index contributed by atoms with van der Waals surface area (Å²) in [5.41, 5.74) is 3.20. The van der Waals surface area contributed by atoms with Crippen molar-refractivity contribution in [1.29, 1.82) is 0 Å². The predicted octanol–water partition coefficient (Wildman–Crippen LogP) is 5.97. The first kappa shape index (κ1) is 22.4. The van der Waals surface area contributed by atoms with Gasteiger partial charge in [-0.15, -0.1) is 0 Å². The van der Waals surface area contributed by atoms with E-state index >= 15 is 0 Å². The van der Waals surface area contributed by atoms with Crippen molar-refractivity contribution in [3.05, 3.63) is 64.1 Å². The van der Waals surface area contributed by atoms with Crippen LogP contribution in [-0.4, -0.2) is 27.8 Å². The van der Waals surface area contributed by atoms with Crippen LogP contribution in [0.15, 0.2) is 47.4 Å². The van der Waals surface area contributed by atoms with Crippen LogP contribution >= 0.6 is 24.0 Å². The number of carbonyl (C=O) groups is 1. The van der Waals surface area contributed by atoms with E-state index in [0.29, 0.717) is 33.9 Å². The number of carbonyl (C=O) groups excluding carboxylic acids is 1. The van der Waals surface area contributed by atoms with Gasteiger partial charge in [-0.2, -0.15) is 0 Å². The van der Waals surface area contributed by atoms with Crippen molar-refractivity contribution in [1.82, 2.24) is 4.90 Å². The van der Waals surface area contributed by atoms with Gasteiger partial charge in [0, 0.05) is 6.04 Å². The largest absolute Gasteiger partial charge is 0.490 e. The van der Waals surface area contributed by atoms with Crippen molar-refractivity contribution in [2.24, 2.45) is 0 Å². The molecule has 1 heterocycles. The molecule has 1 amide bonds. The molecule has 0 aliphatic carbocycles. The minimum Gasteiger partial charge on any atom is -0.490 e. The van der Waals surface area contributed by atoms with Gasteiger partial charge in [0.25, 0.3) is 5.91 Å². The number of nitrogens with zero attached hydrogens (tertiary/aromatic N) is 1. The summed E-state index contributed by atoms with van der Waals surface area (Å²) in [6.07, 6.45) is 2.73. The molecule has 0 N–H and O–H groups in total. The van der Waals surface area contributed by atoms with Crippen LogP contribution in [0.4, 0.5) is 0 Å². The van der Waals surface area contributed by atoms with E-state index in [2.05, 4.69) is 38.1 Å². The van der Waals surface area contributed by atoms with E-state index in [9.17, 15) is 4.79 Å². The molecule has 1 aliphatic heterocycles. The van der Waals surface area contributed by atoms with Gasteiger partial charge >= 0.3 is 0 Å². The lowest BCUT2D eigenvalue weighted by molar-refractivity contribution is -0.123. The molecule has 158 valence electrons. The molecule has 2 aromatic carbocycles. The number of hydrogen-bond donors (Lipinski definition) is 0. The van der Waals surface area contributed by atoms with Crippen molar-refractivity contribution >= 4 is 40.3 Å². The summed E-state index contributed by atoms with van der Waals surface area (Å²) in [6, 6.07) is 14.1. The molecule has 0 saturated carbocycles. The number of hydrogen-bond acceptors (Lipinski definition) is 5. The van der Waals surface area contributed by atoms with Crippen LogP contribution in [0.2, 0.25) is 0 Å². The molecule has 6 heteroatoms. The quantitative estimate of drug-likeness (QED) is 0.373. The fourth-order valence-corrected chi connectivity index (χ4v) is 4.50. The summed E-state index contributed by atoms with van der Waals surface area (Å²) in [5.74, 6) is 1.31. The van der Waals surface area contributed by atoms with Crippen molar-refractivity contribution in [2.75, 3.05) is 6.61 Å². The average molecular weight is 442 g/mol. The fourth-order valence-electron chi connectivity index (χ4n) is 3.04. The molecule has 0 radical (unpaired) electrons. The summed E-state index contributed by atoms with van der Waals surface area (Å²) < 4.78 is 12.4. The second-order valence-corrected chi connectivity index (χ2v) is 8.90. The molecule has 3 rings (SSSR count). The molecule has 2 aromatic rings. The zero-order valence-electron chi connectivity index (χ0n) is 17.8. The Labute approximate surface area is 188 Å².